The third-order valence-corrected chi connectivity index (χ3v) is 6.24. The van der Waals surface area contributed by atoms with Gasteiger partial charge in [0.2, 0.25) is 5.91 Å². The van der Waals surface area contributed by atoms with Gasteiger partial charge in [0.05, 0.1) is 22.6 Å². The molecule has 0 fully saturated rings. The summed E-state index contributed by atoms with van der Waals surface area (Å²) in [4.78, 5) is 33.9. The molecule has 1 unspecified atom stereocenters. The Morgan fingerprint density at radius 3 is 2.35 bits per heavy atom. The third kappa shape index (κ3) is 4.65. The van der Waals surface area contributed by atoms with Gasteiger partial charge in [-0.05, 0) is 49.1 Å². The minimum absolute atomic E-state index is 0.0524. The predicted octanol–water partition coefficient (Wildman–Crippen LogP) is 5.84. The maximum absolute atomic E-state index is 13.8. The van der Waals surface area contributed by atoms with E-state index in [4.69, 9.17) is 4.98 Å². The van der Waals surface area contributed by atoms with Gasteiger partial charge in [-0.2, -0.15) is 0 Å². The summed E-state index contributed by atoms with van der Waals surface area (Å²) in [5, 5.41) is 0.568. The molecule has 0 saturated carbocycles. The molecule has 0 aliphatic rings. The summed E-state index contributed by atoms with van der Waals surface area (Å²) in [5.41, 5.74) is 3.45. The molecule has 174 valence electrons. The molecule has 1 atom stereocenters. The van der Waals surface area contributed by atoms with Gasteiger partial charge >= 0.3 is 0 Å². The van der Waals surface area contributed by atoms with E-state index >= 15 is 0 Å². The lowest BCUT2D eigenvalue weighted by molar-refractivity contribution is -0.134. The minimum Gasteiger partial charge on any atom is -0.328 e. The Morgan fingerprint density at radius 1 is 0.941 bits per heavy atom. The average Bonchev–Trinajstić information content (AvgIpc) is 2.87. The molecule has 0 aliphatic carbocycles. The Labute approximate surface area is 200 Å². The van der Waals surface area contributed by atoms with Gasteiger partial charge in [0.25, 0.3) is 5.56 Å². The van der Waals surface area contributed by atoms with E-state index in [2.05, 4.69) is 6.92 Å². The zero-order chi connectivity index (χ0) is 24.1. The highest BCUT2D eigenvalue weighted by atomic mass is 16.2. The summed E-state index contributed by atoms with van der Waals surface area (Å²) in [7, 11) is 0. The molecule has 0 spiro atoms. The summed E-state index contributed by atoms with van der Waals surface area (Å²) in [6.07, 6.45) is 1.99. The van der Waals surface area contributed by atoms with Crippen molar-refractivity contribution in [1.82, 2.24) is 14.5 Å². The van der Waals surface area contributed by atoms with Crippen LogP contribution in [0, 0.1) is 0 Å². The summed E-state index contributed by atoms with van der Waals surface area (Å²) < 4.78 is 1.71. The molecule has 4 rings (SSSR count). The van der Waals surface area contributed by atoms with E-state index in [0.717, 1.165) is 29.7 Å². The van der Waals surface area contributed by atoms with Crippen LogP contribution in [0.25, 0.3) is 16.6 Å². The fourth-order valence-corrected chi connectivity index (χ4v) is 4.41. The smallest absolute Gasteiger partial charge is 0.266 e. The van der Waals surface area contributed by atoms with Gasteiger partial charge in [-0.1, -0.05) is 74.5 Å². The van der Waals surface area contributed by atoms with Crippen LogP contribution in [0.15, 0.2) is 83.7 Å². The SMILES string of the molecule is CCCC(=O)N(Cc1ccccc1)C(C)c1nc2ccccc2c(=O)n1-c1ccccc1CC. The number of nitrogens with zero attached hydrogens (tertiary/aromatic N) is 3. The first-order valence-electron chi connectivity index (χ1n) is 12.0. The number of carbonyl (C=O) groups excluding carboxylic acids is 1. The van der Waals surface area contributed by atoms with Crippen LogP contribution < -0.4 is 5.56 Å². The van der Waals surface area contributed by atoms with Crippen LogP contribution in [-0.2, 0) is 17.8 Å². The van der Waals surface area contributed by atoms with Crippen molar-refractivity contribution in [3.05, 3.63) is 106 Å². The van der Waals surface area contributed by atoms with Crippen molar-refractivity contribution in [2.75, 3.05) is 0 Å². The van der Waals surface area contributed by atoms with Crippen LogP contribution in [0.2, 0.25) is 0 Å². The van der Waals surface area contributed by atoms with Gasteiger partial charge < -0.3 is 4.90 Å². The molecule has 5 nitrogen and oxygen atoms in total. The minimum atomic E-state index is -0.401. The van der Waals surface area contributed by atoms with Gasteiger partial charge in [-0.3, -0.25) is 14.2 Å². The lowest BCUT2D eigenvalue weighted by Gasteiger charge is -2.31. The summed E-state index contributed by atoms with van der Waals surface area (Å²) >= 11 is 0. The first kappa shape index (κ1) is 23.4. The summed E-state index contributed by atoms with van der Waals surface area (Å²) in [6.45, 7) is 6.51. The predicted molar refractivity (Wildman–Crippen MR) is 137 cm³/mol. The van der Waals surface area contributed by atoms with Gasteiger partial charge in [-0.15, -0.1) is 0 Å². The highest BCUT2D eigenvalue weighted by Crippen LogP contribution is 2.26. The van der Waals surface area contributed by atoms with Crippen molar-refractivity contribution in [3.8, 4) is 5.69 Å². The molecule has 0 saturated heterocycles. The second kappa shape index (κ2) is 10.5. The number of carbonyl (C=O) groups is 1. The largest absolute Gasteiger partial charge is 0.328 e. The van der Waals surface area contributed by atoms with Gasteiger partial charge in [0, 0.05) is 13.0 Å². The maximum Gasteiger partial charge on any atom is 0.266 e. The number of benzene rings is 3. The Bertz CT molecular complexity index is 1340. The van der Waals surface area contributed by atoms with Crippen molar-refractivity contribution in [3.63, 3.8) is 0 Å². The second-order valence-corrected chi connectivity index (χ2v) is 8.54. The van der Waals surface area contributed by atoms with Crippen molar-refractivity contribution in [2.45, 2.75) is 52.6 Å². The van der Waals surface area contributed by atoms with Gasteiger partial charge in [0.15, 0.2) is 0 Å². The number of hydrogen-bond acceptors (Lipinski definition) is 3. The maximum atomic E-state index is 13.8. The Balaban J connectivity index is 1.93. The van der Waals surface area contributed by atoms with Crippen molar-refractivity contribution >= 4 is 16.8 Å². The van der Waals surface area contributed by atoms with Gasteiger partial charge in [-0.25, -0.2) is 4.98 Å². The third-order valence-electron chi connectivity index (χ3n) is 6.24. The molecule has 1 heterocycles. The lowest BCUT2D eigenvalue weighted by atomic mass is 10.1. The lowest BCUT2D eigenvalue weighted by Crippen LogP contribution is -2.37. The first-order chi connectivity index (χ1) is 16.5. The van der Waals surface area contributed by atoms with Crippen LogP contribution in [0.1, 0.15) is 56.6 Å². The number of para-hydroxylation sites is 2. The number of amides is 1. The van der Waals surface area contributed by atoms with E-state index in [-0.39, 0.29) is 11.5 Å². The Hall–Kier alpha value is -3.73. The second-order valence-electron chi connectivity index (χ2n) is 8.54. The zero-order valence-corrected chi connectivity index (χ0v) is 20.1. The Morgan fingerprint density at radius 2 is 1.62 bits per heavy atom. The van der Waals surface area contributed by atoms with Crippen molar-refractivity contribution < 1.29 is 4.79 Å². The molecule has 1 amide bonds. The summed E-state index contributed by atoms with van der Waals surface area (Å²) in [6, 6.07) is 24.9. The van der Waals surface area contributed by atoms with Crippen molar-refractivity contribution in [1.29, 1.82) is 0 Å². The molecular formula is C29H31N3O2. The topological polar surface area (TPSA) is 55.2 Å². The number of hydrogen-bond donors (Lipinski definition) is 0. The summed E-state index contributed by atoms with van der Waals surface area (Å²) in [5.74, 6) is 0.626. The normalized spacial score (nSPS) is 12.0. The Kier molecular flexibility index (Phi) is 7.21. The molecule has 5 heteroatoms. The van der Waals surface area contributed by atoms with Crippen LogP contribution in [0.3, 0.4) is 0 Å². The van der Waals surface area contributed by atoms with Crippen LogP contribution >= 0.6 is 0 Å². The van der Waals surface area contributed by atoms with E-state index in [9.17, 15) is 9.59 Å². The monoisotopic (exact) mass is 453 g/mol. The zero-order valence-electron chi connectivity index (χ0n) is 20.1. The number of aryl methyl sites for hydroxylation is 1. The molecule has 34 heavy (non-hydrogen) atoms. The number of aromatic nitrogens is 2. The van der Waals surface area contributed by atoms with Crippen molar-refractivity contribution in [2.24, 2.45) is 0 Å². The molecule has 0 N–H and O–H groups in total. The molecule has 0 bridgehead atoms. The molecule has 4 aromatic rings. The van der Waals surface area contributed by atoms with Gasteiger partial charge in [0.1, 0.15) is 5.82 Å². The molecule has 0 radical (unpaired) electrons. The molecule has 3 aromatic carbocycles. The highest BCUT2D eigenvalue weighted by Gasteiger charge is 2.27. The molecule has 0 aliphatic heterocycles. The molecular weight excluding hydrogens is 422 g/mol. The average molecular weight is 454 g/mol. The fourth-order valence-electron chi connectivity index (χ4n) is 4.41. The van der Waals surface area contributed by atoms with Crippen LogP contribution in [0.5, 0.6) is 0 Å². The standard InChI is InChI=1S/C29H31N3O2/c1-4-13-27(33)31(20-22-14-7-6-8-15-22)21(3)28-30-25-18-11-10-17-24(25)29(34)32(28)26-19-12-9-16-23(26)5-2/h6-12,14-19,21H,4-5,13,20H2,1-3H3. The van der Waals surface area contributed by atoms with E-state index in [1.807, 2.05) is 97.6 Å². The first-order valence-corrected chi connectivity index (χ1v) is 12.0. The van der Waals surface area contributed by atoms with E-state index in [1.165, 1.54) is 0 Å². The van der Waals surface area contributed by atoms with E-state index in [1.54, 1.807) is 4.57 Å². The molecule has 1 aromatic heterocycles. The van der Waals surface area contributed by atoms with E-state index < -0.39 is 6.04 Å². The van der Waals surface area contributed by atoms with Crippen LogP contribution in [-0.4, -0.2) is 20.4 Å². The van der Waals surface area contributed by atoms with E-state index in [0.29, 0.717) is 29.7 Å². The number of fused-ring (bicyclic) bond motifs is 1. The van der Waals surface area contributed by atoms with Crippen LogP contribution in [0.4, 0.5) is 0 Å². The fraction of sp³-hybridized carbons (Fsp3) is 0.276. The highest BCUT2D eigenvalue weighted by molar-refractivity contribution is 5.79. The number of rotatable bonds is 8. The quantitative estimate of drug-likeness (QED) is 0.337.